The van der Waals surface area contributed by atoms with Crippen LogP contribution in [0.4, 0.5) is 5.82 Å². The minimum Gasteiger partial charge on any atom is -0.462 e. The summed E-state index contributed by atoms with van der Waals surface area (Å²) in [5.74, 6) is 0.529. The summed E-state index contributed by atoms with van der Waals surface area (Å²) in [6, 6.07) is 10.6. The highest BCUT2D eigenvalue weighted by Gasteiger charge is 2.48. The van der Waals surface area contributed by atoms with E-state index in [9.17, 15) is 14.9 Å². The van der Waals surface area contributed by atoms with Gasteiger partial charge >= 0.3 is 6.01 Å². The normalized spacial score (nSPS) is 25.6. The number of hydrogen-bond donors (Lipinski definition) is 0. The fourth-order valence-corrected chi connectivity index (χ4v) is 7.31. The molecule has 2 fully saturated rings. The number of carbonyl (C=O) groups is 2. The number of ether oxygens (including phenoxy) is 1. The third-order valence-electron chi connectivity index (χ3n) is 9.64. The van der Waals surface area contributed by atoms with Crippen molar-refractivity contribution in [1.29, 1.82) is 5.26 Å². The van der Waals surface area contributed by atoms with Gasteiger partial charge in [-0.3, -0.25) is 9.59 Å². The van der Waals surface area contributed by atoms with E-state index in [4.69, 9.17) is 14.7 Å². The number of Topliss-reactive ketones (excluding diaryl/α,β-unsaturated/α-hetero) is 1. The van der Waals surface area contributed by atoms with Gasteiger partial charge in [0.05, 0.1) is 18.5 Å². The predicted octanol–water partition coefficient (Wildman–Crippen LogP) is 3.84. The Morgan fingerprint density at radius 3 is 2.81 bits per heavy atom. The molecule has 3 atom stereocenters. The van der Waals surface area contributed by atoms with Crippen molar-refractivity contribution in [3.05, 3.63) is 65.9 Å². The summed E-state index contributed by atoms with van der Waals surface area (Å²) < 4.78 is 6.22. The average Bonchev–Trinajstić information content (AvgIpc) is 3.42. The van der Waals surface area contributed by atoms with E-state index in [1.807, 2.05) is 12.1 Å². The standard InChI is InChI=1S/C33H38N6O3/c1-4-28(40)39-17-16-38(20-24(39)12-14-34)31-27-11-13-33(18-22(2)26-10-6-5-8-23(26)19-33)30(41)29(27)35-32(36-31)42-21-25-9-7-15-37(25)3/h4-6,8,10,24-25H,1-2,7,9,11-13,15-21H2,3H3/t24-,25-,33+/m0/s1. The van der Waals surface area contributed by atoms with Gasteiger partial charge in [0, 0.05) is 36.7 Å². The zero-order valence-electron chi connectivity index (χ0n) is 24.3. The van der Waals surface area contributed by atoms with E-state index in [-0.39, 0.29) is 36.2 Å². The number of nitrogens with zero attached hydrogens (tertiary/aromatic N) is 6. The molecule has 4 aliphatic rings. The molecule has 0 radical (unpaired) electrons. The zero-order valence-corrected chi connectivity index (χ0v) is 24.3. The number of piperazine rings is 1. The molecule has 6 rings (SSSR count). The lowest BCUT2D eigenvalue weighted by Gasteiger charge is -2.43. The number of allylic oxidation sites excluding steroid dienone is 1. The van der Waals surface area contributed by atoms with Crippen molar-refractivity contribution >= 4 is 23.1 Å². The molecule has 42 heavy (non-hydrogen) atoms. The first kappa shape index (κ1) is 28.1. The second-order valence-corrected chi connectivity index (χ2v) is 12.2. The van der Waals surface area contributed by atoms with E-state index < -0.39 is 5.41 Å². The van der Waals surface area contributed by atoms with Crippen LogP contribution in [0.15, 0.2) is 43.5 Å². The first-order chi connectivity index (χ1) is 20.3. The fraction of sp³-hybridized carbons (Fsp3) is 0.485. The van der Waals surface area contributed by atoms with Gasteiger partial charge in [0.1, 0.15) is 18.1 Å². The van der Waals surface area contributed by atoms with Crippen LogP contribution in [0.2, 0.25) is 0 Å². The smallest absolute Gasteiger partial charge is 0.319 e. The van der Waals surface area contributed by atoms with Crippen molar-refractivity contribution in [2.45, 2.75) is 57.0 Å². The molecule has 2 aromatic rings. The molecule has 0 N–H and O–H groups in total. The van der Waals surface area contributed by atoms with Gasteiger partial charge in [-0.25, -0.2) is 0 Å². The van der Waals surface area contributed by atoms with E-state index in [0.717, 1.165) is 41.6 Å². The molecule has 2 aliphatic carbocycles. The lowest BCUT2D eigenvalue weighted by molar-refractivity contribution is -0.128. The minimum absolute atomic E-state index is 0.0277. The Kier molecular flexibility index (Phi) is 7.58. The third-order valence-corrected chi connectivity index (χ3v) is 9.64. The van der Waals surface area contributed by atoms with Crippen LogP contribution < -0.4 is 9.64 Å². The molecular weight excluding hydrogens is 528 g/mol. The number of likely N-dealkylation sites (N-methyl/N-ethyl adjacent to an activating group) is 1. The number of carbonyl (C=O) groups excluding carboxylic acids is 2. The Hall–Kier alpha value is -4.03. The first-order valence-electron chi connectivity index (χ1n) is 14.9. The molecule has 1 spiro atoms. The van der Waals surface area contributed by atoms with Crippen LogP contribution in [-0.2, 0) is 17.6 Å². The summed E-state index contributed by atoms with van der Waals surface area (Å²) in [7, 11) is 2.10. The van der Waals surface area contributed by atoms with Crippen molar-refractivity contribution in [2.24, 2.45) is 5.41 Å². The molecule has 2 aliphatic heterocycles. The Morgan fingerprint density at radius 1 is 1.21 bits per heavy atom. The molecule has 0 saturated carbocycles. The topological polar surface area (TPSA) is 103 Å². The average molecular weight is 567 g/mol. The third kappa shape index (κ3) is 4.98. The van der Waals surface area contributed by atoms with E-state index in [0.29, 0.717) is 63.4 Å². The first-order valence-corrected chi connectivity index (χ1v) is 14.9. The molecule has 218 valence electrons. The molecule has 1 aromatic heterocycles. The zero-order chi connectivity index (χ0) is 29.4. The Bertz CT molecular complexity index is 1480. The molecule has 0 unspecified atom stereocenters. The van der Waals surface area contributed by atoms with Crippen molar-refractivity contribution < 1.29 is 14.3 Å². The van der Waals surface area contributed by atoms with Crippen LogP contribution in [0.1, 0.15) is 59.3 Å². The summed E-state index contributed by atoms with van der Waals surface area (Å²) in [4.78, 5) is 42.8. The van der Waals surface area contributed by atoms with Crippen molar-refractivity contribution in [2.75, 3.05) is 44.7 Å². The van der Waals surface area contributed by atoms with Crippen LogP contribution in [0.5, 0.6) is 6.01 Å². The lowest BCUT2D eigenvalue weighted by atomic mass is 9.61. The Labute approximate surface area is 247 Å². The van der Waals surface area contributed by atoms with Gasteiger partial charge in [0.15, 0.2) is 5.78 Å². The van der Waals surface area contributed by atoms with E-state index in [2.05, 4.69) is 48.2 Å². The number of anilines is 1. The number of rotatable bonds is 6. The second kappa shape index (κ2) is 11.3. The van der Waals surface area contributed by atoms with Gasteiger partial charge in [-0.05, 0) is 74.9 Å². The van der Waals surface area contributed by atoms with Gasteiger partial charge in [-0.1, -0.05) is 37.4 Å². The summed E-state index contributed by atoms with van der Waals surface area (Å²) in [6.45, 7) is 10.9. The summed E-state index contributed by atoms with van der Waals surface area (Å²) in [5.41, 5.74) is 3.97. The number of ketones is 1. The number of fused-ring (bicyclic) bond motifs is 2. The number of likely N-dealkylation sites (tertiary alicyclic amines) is 1. The summed E-state index contributed by atoms with van der Waals surface area (Å²) in [6.07, 6.45) is 6.29. The van der Waals surface area contributed by atoms with E-state index in [1.165, 1.54) is 6.08 Å². The fourth-order valence-electron chi connectivity index (χ4n) is 7.31. The van der Waals surface area contributed by atoms with Crippen LogP contribution in [0.3, 0.4) is 0 Å². The van der Waals surface area contributed by atoms with Crippen LogP contribution in [-0.4, -0.2) is 83.4 Å². The number of nitriles is 1. The van der Waals surface area contributed by atoms with Gasteiger partial charge in [-0.2, -0.15) is 15.2 Å². The SMILES string of the molecule is C=CC(=O)N1CCN(c2nc(OC[C@@H]3CCCN3C)nc3c2CC[C@]2(CC(=C)c4ccccc4C2)C3=O)C[C@@H]1CC#N. The molecule has 9 nitrogen and oxygen atoms in total. The van der Waals surface area contributed by atoms with E-state index in [1.54, 1.807) is 4.90 Å². The number of benzene rings is 1. The molecule has 3 heterocycles. The Balaban J connectivity index is 1.36. The monoisotopic (exact) mass is 566 g/mol. The predicted molar refractivity (Wildman–Crippen MR) is 160 cm³/mol. The van der Waals surface area contributed by atoms with Crippen LogP contribution >= 0.6 is 0 Å². The maximum Gasteiger partial charge on any atom is 0.319 e. The van der Waals surface area contributed by atoms with Crippen LogP contribution in [0.25, 0.3) is 5.57 Å². The van der Waals surface area contributed by atoms with Crippen molar-refractivity contribution in [3.63, 3.8) is 0 Å². The highest BCUT2D eigenvalue weighted by Crippen LogP contribution is 2.49. The molecule has 0 bridgehead atoms. The molecular formula is C33H38N6O3. The molecule has 1 aromatic carbocycles. The summed E-state index contributed by atoms with van der Waals surface area (Å²) in [5, 5.41) is 9.51. The van der Waals surface area contributed by atoms with Crippen LogP contribution in [0, 0.1) is 16.7 Å². The minimum atomic E-state index is -0.592. The molecule has 9 heteroatoms. The second-order valence-electron chi connectivity index (χ2n) is 12.2. The maximum atomic E-state index is 14.5. The number of hydrogen-bond acceptors (Lipinski definition) is 8. The lowest BCUT2D eigenvalue weighted by Crippen LogP contribution is -2.55. The number of amides is 1. The van der Waals surface area contributed by atoms with Gasteiger partial charge in [-0.15, -0.1) is 0 Å². The number of aromatic nitrogens is 2. The van der Waals surface area contributed by atoms with Crippen molar-refractivity contribution in [1.82, 2.24) is 19.8 Å². The Morgan fingerprint density at radius 2 is 2.05 bits per heavy atom. The molecule has 1 amide bonds. The van der Waals surface area contributed by atoms with Gasteiger partial charge < -0.3 is 19.4 Å². The highest BCUT2D eigenvalue weighted by molar-refractivity contribution is 6.04. The van der Waals surface area contributed by atoms with Gasteiger partial charge in [0.25, 0.3) is 0 Å². The molecule has 2 saturated heterocycles. The van der Waals surface area contributed by atoms with Gasteiger partial charge in [0.2, 0.25) is 5.91 Å². The quantitative estimate of drug-likeness (QED) is 0.486. The van der Waals surface area contributed by atoms with E-state index >= 15 is 0 Å². The van der Waals surface area contributed by atoms with Crippen molar-refractivity contribution in [3.8, 4) is 12.1 Å². The summed E-state index contributed by atoms with van der Waals surface area (Å²) >= 11 is 0. The largest absolute Gasteiger partial charge is 0.462 e. The highest BCUT2D eigenvalue weighted by atomic mass is 16.5. The maximum absolute atomic E-state index is 14.5.